The lowest BCUT2D eigenvalue weighted by molar-refractivity contribution is 0.147. The third kappa shape index (κ3) is 2.24. The lowest BCUT2D eigenvalue weighted by Gasteiger charge is -2.53. The summed E-state index contributed by atoms with van der Waals surface area (Å²) in [5, 5.41) is 0. The Hall–Kier alpha value is 1.18. The highest BCUT2D eigenvalue weighted by atomic mass is 30.3. The molecule has 0 bridgehead atoms. The molecule has 0 aliphatic carbocycles. The molecule has 0 aromatic carbocycles. The van der Waals surface area contributed by atoms with Crippen LogP contribution in [0.5, 0.6) is 0 Å². The van der Waals surface area contributed by atoms with E-state index in [9.17, 15) is 0 Å². The first-order valence-electron chi connectivity index (χ1n) is 8.90. The molecule has 2 atom stereocenters. The Kier molecular flexibility index (Phi) is 6.19. The molecule has 1 rings (SSSR count). The number of hydrogen-bond acceptors (Lipinski definition) is 3. The third-order valence-corrected chi connectivity index (χ3v) is 160. The van der Waals surface area contributed by atoms with Gasteiger partial charge in [-0.15, -0.1) is 0 Å². The van der Waals surface area contributed by atoms with Gasteiger partial charge >= 0.3 is 8.32 Å². The molecular weight excluding hydrogens is 385 g/mol. The van der Waals surface area contributed by atoms with Gasteiger partial charge in [0.25, 0.3) is 0 Å². The zero-order chi connectivity index (χ0) is 18.5. The van der Waals surface area contributed by atoms with E-state index in [0.717, 1.165) is 0 Å². The summed E-state index contributed by atoms with van der Waals surface area (Å²) in [5.74, 6) is 0. The highest BCUT2D eigenvalue weighted by Gasteiger charge is 2.86. The van der Waals surface area contributed by atoms with Gasteiger partial charge < -0.3 is 13.3 Å². The zero-order valence-corrected chi connectivity index (χ0v) is 23.6. The van der Waals surface area contributed by atoms with Gasteiger partial charge in [0.05, 0.1) is 0 Å². The second-order valence-electron chi connectivity index (χ2n) is 9.25. The van der Waals surface area contributed by atoms with Crippen LogP contribution in [0.4, 0.5) is 0 Å². The van der Waals surface area contributed by atoms with Gasteiger partial charge in [-0.3, -0.25) is 0 Å². The van der Waals surface area contributed by atoms with Crippen LogP contribution in [-0.2, 0) is 13.3 Å². The quantitative estimate of drug-likeness (QED) is 0.602. The van der Waals surface area contributed by atoms with Crippen molar-refractivity contribution in [2.45, 2.75) is 71.8 Å². The van der Waals surface area contributed by atoms with Crippen LogP contribution >= 0.6 is 0 Å². The van der Waals surface area contributed by atoms with Crippen LogP contribution in [-0.4, -0.2) is 64.7 Å². The maximum absolute atomic E-state index is 6.26. The fourth-order valence-electron chi connectivity index (χ4n) is 6.06. The first-order valence-corrected chi connectivity index (χ1v) is 30.8. The van der Waals surface area contributed by atoms with Crippen molar-refractivity contribution >= 4 is 43.4 Å². The van der Waals surface area contributed by atoms with Gasteiger partial charge in [-0.2, -0.15) is 0 Å². The average Bonchev–Trinajstić information content (AvgIpc) is 2.53. The third-order valence-electron chi connectivity index (χ3n) is 9.03. The van der Waals surface area contributed by atoms with Gasteiger partial charge in [0.15, 0.2) is 0 Å². The molecule has 0 aromatic rings. The van der Waals surface area contributed by atoms with Crippen LogP contribution in [0, 0.1) is 0 Å². The van der Waals surface area contributed by atoms with Crippen LogP contribution in [0.15, 0.2) is 0 Å². The van der Waals surface area contributed by atoms with E-state index in [0.29, 0.717) is 0 Å². The predicted molar refractivity (Wildman–Crippen MR) is 118 cm³/mol. The fourth-order valence-corrected chi connectivity index (χ4v) is 263. The van der Waals surface area contributed by atoms with Crippen molar-refractivity contribution in [2.75, 3.05) is 21.3 Å². The number of rotatable bonds is 6. The first-order chi connectivity index (χ1) is 10.2. The Labute approximate surface area is 149 Å². The summed E-state index contributed by atoms with van der Waals surface area (Å²) in [5.41, 5.74) is 0. The van der Waals surface area contributed by atoms with Crippen molar-refractivity contribution in [1.82, 2.24) is 0 Å². The monoisotopic (exact) mass is 424 g/mol. The molecule has 0 radical (unpaired) electrons. The van der Waals surface area contributed by atoms with E-state index in [1.54, 1.807) is 0 Å². The molecule has 0 aromatic heterocycles. The van der Waals surface area contributed by atoms with Gasteiger partial charge in [-0.05, 0) is 0 Å². The fraction of sp³-hybridized carbons (Fsp3) is 1.00. The SMILES string of the molecule is CCC[Si]1(C)[Si](C)(C)[Si](C)(C)[Si](C)(C)[Si]1(C)[Si](OC)(OC)OC. The molecule has 1 fully saturated rings. The van der Waals surface area contributed by atoms with Crippen LogP contribution < -0.4 is 0 Å². The van der Waals surface area contributed by atoms with Crippen LogP contribution in [0.2, 0.25) is 58.4 Å². The maximum Gasteiger partial charge on any atom is 0.463 e. The zero-order valence-electron chi connectivity index (χ0n) is 17.6. The average molecular weight is 425 g/mol. The molecule has 3 nitrogen and oxygen atoms in total. The van der Waals surface area contributed by atoms with Crippen LogP contribution in [0.25, 0.3) is 0 Å². The predicted octanol–water partition coefficient (Wildman–Crippen LogP) is 4.04. The Morgan fingerprint density at radius 1 is 0.652 bits per heavy atom. The van der Waals surface area contributed by atoms with Crippen molar-refractivity contribution in [1.29, 1.82) is 0 Å². The second-order valence-corrected chi connectivity index (χ2v) is 77.2. The molecule has 1 aliphatic rings. The number of hydrogen-bond donors (Lipinski definition) is 0. The van der Waals surface area contributed by atoms with E-state index < -0.39 is 43.4 Å². The van der Waals surface area contributed by atoms with Gasteiger partial charge in [0.2, 0.25) is 0 Å². The van der Waals surface area contributed by atoms with Gasteiger partial charge in [0.1, 0.15) is 6.63 Å². The van der Waals surface area contributed by atoms with E-state index in [1.807, 2.05) is 21.3 Å². The summed E-state index contributed by atoms with van der Waals surface area (Å²) in [6, 6.07) is 1.46. The summed E-state index contributed by atoms with van der Waals surface area (Å²) in [6.07, 6.45) is 1.32. The topological polar surface area (TPSA) is 27.7 Å². The van der Waals surface area contributed by atoms with Crippen molar-refractivity contribution in [2.24, 2.45) is 0 Å². The molecule has 0 spiro atoms. The summed E-state index contributed by atoms with van der Waals surface area (Å²) < 4.78 is 18.8. The van der Waals surface area contributed by atoms with Crippen molar-refractivity contribution in [3.8, 4) is 0 Å². The molecule has 0 N–H and O–H groups in total. The lowest BCUT2D eigenvalue weighted by atomic mass is 10.6. The Morgan fingerprint density at radius 3 is 1.35 bits per heavy atom. The minimum absolute atomic E-state index is 1.27. The van der Waals surface area contributed by atoms with Gasteiger partial charge in [-0.25, -0.2) is 0 Å². The minimum Gasteiger partial charge on any atom is -0.380 e. The molecule has 9 heteroatoms. The highest BCUT2D eigenvalue weighted by Crippen LogP contribution is 2.56. The van der Waals surface area contributed by atoms with Crippen LogP contribution in [0.1, 0.15) is 13.3 Å². The molecule has 2 unspecified atom stereocenters. The van der Waals surface area contributed by atoms with E-state index in [4.69, 9.17) is 13.3 Å². The summed E-state index contributed by atoms with van der Waals surface area (Å²) in [4.78, 5) is 0. The standard InChI is InChI=1S/C14H40O3Si6/c1-13-14-21(11)19(7,8)18(5,6)20(9,10)22(21,12)23(15-2,16-3)17-4/h13-14H2,1-12H3. The van der Waals surface area contributed by atoms with E-state index in [-0.39, 0.29) is 0 Å². The Bertz CT molecular complexity index is 444. The first kappa shape index (κ1) is 22.2. The minimum atomic E-state index is -2.56. The second kappa shape index (κ2) is 6.41. The smallest absolute Gasteiger partial charge is 0.380 e. The molecule has 1 heterocycles. The molecule has 23 heavy (non-hydrogen) atoms. The van der Waals surface area contributed by atoms with Gasteiger partial charge in [-0.1, -0.05) is 71.8 Å². The van der Waals surface area contributed by atoms with Crippen molar-refractivity contribution < 1.29 is 13.3 Å². The Balaban J connectivity index is 3.91. The Morgan fingerprint density at radius 2 is 1.04 bits per heavy atom. The highest BCUT2D eigenvalue weighted by molar-refractivity contribution is 8.20. The molecule has 1 saturated heterocycles. The van der Waals surface area contributed by atoms with Crippen molar-refractivity contribution in [3.05, 3.63) is 0 Å². The normalized spacial score (nSPS) is 35.5. The van der Waals surface area contributed by atoms with E-state index >= 15 is 0 Å². The summed E-state index contributed by atoms with van der Waals surface area (Å²) in [6.45, 7) is 22.5. The van der Waals surface area contributed by atoms with E-state index in [2.05, 4.69) is 59.3 Å². The molecule has 0 saturated carbocycles. The van der Waals surface area contributed by atoms with Gasteiger partial charge in [0, 0.05) is 49.8 Å². The largest absolute Gasteiger partial charge is 0.463 e. The maximum atomic E-state index is 6.26. The van der Waals surface area contributed by atoms with Crippen LogP contribution in [0.3, 0.4) is 0 Å². The summed E-state index contributed by atoms with van der Waals surface area (Å²) in [7, 11) is -2.40. The molecular formula is C14H40O3Si6. The molecule has 0 amide bonds. The van der Waals surface area contributed by atoms with Crippen molar-refractivity contribution in [3.63, 3.8) is 0 Å². The lowest BCUT2D eigenvalue weighted by Crippen LogP contribution is -2.87. The van der Waals surface area contributed by atoms with E-state index in [1.165, 1.54) is 12.5 Å². The summed E-state index contributed by atoms with van der Waals surface area (Å²) >= 11 is 0. The molecule has 138 valence electrons. The molecule has 1 aliphatic heterocycles.